The van der Waals surface area contributed by atoms with Crippen LogP contribution in [0.1, 0.15) is 51.9 Å². The molecule has 1 aliphatic rings. The summed E-state index contributed by atoms with van der Waals surface area (Å²) in [5.74, 6) is 0.930. The molecule has 1 fully saturated rings. The van der Waals surface area contributed by atoms with Crippen molar-refractivity contribution in [3.05, 3.63) is 0 Å². The fourth-order valence-electron chi connectivity index (χ4n) is 3.11. The summed E-state index contributed by atoms with van der Waals surface area (Å²) in [5.41, 5.74) is 0. The van der Waals surface area contributed by atoms with Crippen LogP contribution >= 0.6 is 0 Å². The number of rotatable bonds is 9. The average molecular weight is 252 g/mol. The Morgan fingerprint density at radius 3 is 2.44 bits per heavy atom. The minimum absolute atomic E-state index is 0.232. The van der Waals surface area contributed by atoms with Gasteiger partial charge in [-0.15, -0.1) is 0 Å². The quantitative estimate of drug-likeness (QED) is 0.270. The molecule has 0 radical (unpaired) electrons. The van der Waals surface area contributed by atoms with E-state index in [1.807, 2.05) is 0 Å². The second kappa shape index (κ2) is 7.22. The van der Waals surface area contributed by atoms with Crippen LogP contribution in [-0.4, -0.2) is 28.8 Å². The zero-order valence-corrected chi connectivity index (χ0v) is 12.3. The first kappa shape index (κ1) is 15.6. The molecule has 0 heterocycles. The van der Waals surface area contributed by atoms with E-state index in [-0.39, 0.29) is 5.97 Å². The van der Waals surface area contributed by atoms with E-state index in [0.717, 1.165) is 0 Å². The third-order valence-electron chi connectivity index (χ3n) is 4.47. The van der Waals surface area contributed by atoms with Gasteiger partial charge in [-0.2, -0.15) is 4.89 Å². The Morgan fingerprint density at radius 2 is 1.83 bits per heavy atom. The molecule has 0 aliphatic heterocycles. The standard InChI is InChI=1S/C13H26B2O3/c1-3-4-5-6-7-8-10-11(13(10,14)15)9-12(16)18-17-2/h10-11H,3-9,14-15H2,1-2H3. The predicted octanol–water partition coefficient (Wildman–Crippen LogP) is 1.47. The van der Waals surface area contributed by atoms with Crippen molar-refractivity contribution in [3.8, 4) is 0 Å². The SMILES string of the molecule is BC1(B)C(CCCCCCC)C1CC(=O)OOC. The van der Waals surface area contributed by atoms with Gasteiger partial charge in [-0.1, -0.05) is 50.7 Å². The number of hydrogen-bond donors (Lipinski definition) is 0. The predicted molar refractivity (Wildman–Crippen MR) is 77.9 cm³/mol. The Morgan fingerprint density at radius 1 is 1.17 bits per heavy atom. The maximum atomic E-state index is 11.4. The van der Waals surface area contributed by atoms with Gasteiger partial charge in [-0.3, -0.25) is 4.89 Å². The summed E-state index contributed by atoms with van der Waals surface area (Å²) in [6.45, 7) is 2.24. The van der Waals surface area contributed by atoms with Crippen molar-refractivity contribution < 1.29 is 14.6 Å². The minimum Gasteiger partial charge on any atom is -0.299 e. The van der Waals surface area contributed by atoms with E-state index in [1.54, 1.807) is 0 Å². The van der Waals surface area contributed by atoms with E-state index >= 15 is 0 Å². The highest BCUT2D eigenvalue weighted by atomic mass is 17.2. The summed E-state index contributed by atoms with van der Waals surface area (Å²) in [5, 5.41) is 0.303. The molecule has 3 nitrogen and oxygen atoms in total. The molecule has 18 heavy (non-hydrogen) atoms. The molecule has 1 rings (SSSR count). The van der Waals surface area contributed by atoms with E-state index in [0.29, 0.717) is 23.5 Å². The van der Waals surface area contributed by atoms with E-state index < -0.39 is 0 Å². The summed E-state index contributed by atoms with van der Waals surface area (Å²) in [6.07, 6.45) is 8.36. The molecule has 0 saturated heterocycles. The Hall–Kier alpha value is -0.440. The van der Waals surface area contributed by atoms with Crippen LogP contribution in [0.5, 0.6) is 0 Å². The number of hydrogen-bond acceptors (Lipinski definition) is 3. The molecular weight excluding hydrogens is 226 g/mol. The molecule has 0 amide bonds. The topological polar surface area (TPSA) is 35.5 Å². The number of unbranched alkanes of at least 4 members (excludes halogenated alkanes) is 4. The van der Waals surface area contributed by atoms with Crippen LogP contribution in [0.15, 0.2) is 0 Å². The Labute approximate surface area is 113 Å². The van der Waals surface area contributed by atoms with Crippen molar-refractivity contribution in [1.82, 2.24) is 0 Å². The van der Waals surface area contributed by atoms with Crippen molar-refractivity contribution in [2.45, 2.75) is 57.1 Å². The third-order valence-corrected chi connectivity index (χ3v) is 4.47. The van der Waals surface area contributed by atoms with Gasteiger partial charge in [-0.05, 0) is 11.8 Å². The van der Waals surface area contributed by atoms with Crippen LogP contribution in [0, 0.1) is 11.8 Å². The molecule has 0 spiro atoms. The van der Waals surface area contributed by atoms with Crippen LogP contribution in [0.2, 0.25) is 5.21 Å². The third kappa shape index (κ3) is 4.34. The summed E-state index contributed by atoms with van der Waals surface area (Å²) in [6, 6.07) is 0. The lowest BCUT2D eigenvalue weighted by Gasteiger charge is -2.02. The maximum absolute atomic E-state index is 11.4. The van der Waals surface area contributed by atoms with Crippen LogP contribution in [0.25, 0.3) is 0 Å². The Kier molecular flexibility index (Phi) is 6.27. The summed E-state index contributed by atoms with van der Waals surface area (Å²) in [4.78, 5) is 20.4. The first-order valence-electron chi connectivity index (χ1n) is 7.27. The van der Waals surface area contributed by atoms with Crippen molar-refractivity contribution >= 4 is 21.7 Å². The fraction of sp³-hybridized carbons (Fsp3) is 0.923. The minimum atomic E-state index is -0.232. The van der Waals surface area contributed by atoms with Crippen LogP contribution in [-0.2, 0) is 14.6 Å². The Bertz CT molecular complexity index is 269. The fourth-order valence-corrected chi connectivity index (χ4v) is 3.11. The average Bonchev–Trinajstić information content (AvgIpc) is 2.80. The van der Waals surface area contributed by atoms with Crippen LogP contribution in [0.3, 0.4) is 0 Å². The molecule has 1 aliphatic carbocycles. The van der Waals surface area contributed by atoms with Crippen molar-refractivity contribution in [2.75, 3.05) is 7.11 Å². The zero-order valence-electron chi connectivity index (χ0n) is 12.3. The van der Waals surface area contributed by atoms with Gasteiger partial charge in [0.2, 0.25) is 0 Å². The van der Waals surface area contributed by atoms with Crippen LogP contribution < -0.4 is 0 Å². The second-order valence-corrected chi connectivity index (χ2v) is 6.06. The molecule has 5 heteroatoms. The lowest BCUT2D eigenvalue weighted by molar-refractivity contribution is -0.255. The van der Waals surface area contributed by atoms with Gasteiger partial charge in [0.1, 0.15) is 0 Å². The highest BCUT2D eigenvalue weighted by molar-refractivity contribution is 6.43. The zero-order chi connectivity index (χ0) is 13.6. The first-order chi connectivity index (χ1) is 8.54. The molecule has 0 aromatic carbocycles. The van der Waals surface area contributed by atoms with E-state index in [1.165, 1.54) is 45.6 Å². The highest BCUT2D eigenvalue weighted by Crippen LogP contribution is 2.64. The maximum Gasteiger partial charge on any atom is 0.342 e. The molecule has 0 aromatic rings. The first-order valence-corrected chi connectivity index (χ1v) is 7.27. The van der Waals surface area contributed by atoms with Crippen molar-refractivity contribution in [2.24, 2.45) is 11.8 Å². The van der Waals surface area contributed by atoms with Crippen LogP contribution in [0.4, 0.5) is 0 Å². The van der Waals surface area contributed by atoms with Gasteiger partial charge in [-0.25, -0.2) is 4.79 Å². The smallest absolute Gasteiger partial charge is 0.299 e. The van der Waals surface area contributed by atoms with Gasteiger partial charge in [0.15, 0.2) is 0 Å². The number of carbonyl (C=O) groups is 1. The monoisotopic (exact) mass is 252 g/mol. The normalized spacial score (nSPS) is 24.8. The van der Waals surface area contributed by atoms with Crippen molar-refractivity contribution in [3.63, 3.8) is 0 Å². The molecule has 2 unspecified atom stereocenters. The van der Waals surface area contributed by atoms with Gasteiger partial charge < -0.3 is 0 Å². The van der Waals surface area contributed by atoms with E-state index in [9.17, 15) is 4.79 Å². The highest BCUT2D eigenvalue weighted by Gasteiger charge is 2.56. The summed E-state index contributed by atoms with van der Waals surface area (Å²) < 4.78 is 0. The summed E-state index contributed by atoms with van der Waals surface area (Å²) >= 11 is 0. The molecule has 0 bridgehead atoms. The summed E-state index contributed by atoms with van der Waals surface area (Å²) in [7, 11) is 5.89. The van der Waals surface area contributed by atoms with Gasteiger partial charge in [0, 0.05) is 0 Å². The lowest BCUT2D eigenvalue weighted by Crippen LogP contribution is -2.06. The molecule has 0 aromatic heterocycles. The molecule has 1 saturated carbocycles. The second-order valence-electron chi connectivity index (χ2n) is 6.06. The molecule has 102 valence electrons. The lowest BCUT2D eigenvalue weighted by atomic mass is 9.63. The van der Waals surface area contributed by atoms with E-state index in [4.69, 9.17) is 0 Å². The molecule has 0 N–H and O–H groups in total. The largest absolute Gasteiger partial charge is 0.342 e. The number of carbonyl (C=O) groups excluding carboxylic acids is 1. The van der Waals surface area contributed by atoms with Crippen molar-refractivity contribution in [1.29, 1.82) is 0 Å². The Balaban J connectivity index is 2.19. The molecule has 2 atom stereocenters. The van der Waals surface area contributed by atoms with Gasteiger partial charge >= 0.3 is 5.97 Å². The van der Waals surface area contributed by atoms with E-state index in [2.05, 4.69) is 32.4 Å². The van der Waals surface area contributed by atoms with Gasteiger partial charge in [0.05, 0.1) is 29.2 Å². The molecular formula is C13H26B2O3. The van der Waals surface area contributed by atoms with Gasteiger partial charge in [0.25, 0.3) is 0 Å².